The van der Waals surface area contributed by atoms with Crippen molar-refractivity contribution in [3.8, 4) is 5.75 Å². The molecule has 3 heteroatoms. The minimum Gasteiger partial charge on any atom is -0.494 e. The molecule has 0 bridgehead atoms. The van der Waals surface area contributed by atoms with Crippen LogP contribution in [-0.4, -0.2) is 26.9 Å². The SMILES string of the molecule is CCCOc1ccc(C(CCC(C)OC)NC)cc1. The molecule has 0 saturated heterocycles. The zero-order valence-electron chi connectivity index (χ0n) is 12.6. The van der Waals surface area contributed by atoms with E-state index in [9.17, 15) is 0 Å². The molecule has 2 unspecified atom stereocenters. The molecule has 0 spiro atoms. The summed E-state index contributed by atoms with van der Waals surface area (Å²) in [5.41, 5.74) is 1.30. The molecule has 19 heavy (non-hydrogen) atoms. The number of hydrogen-bond acceptors (Lipinski definition) is 3. The van der Waals surface area contributed by atoms with Crippen LogP contribution >= 0.6 is 0 Å². The zero-order valence-corrected chi connectivity index (χ0v) is 12.6. The van der Waals surface area contributed by atoms with Gasteiger partial charge in [0.05, 0.1) is 12.7 Å². The van der Waals surface area contributed by atoms with Gasteiger partial charge >= 0.3 is 0 Å². The largest absolute Gasteiger partial charge is 0.494 e. The second-order valence-electron chi connectivity index (χ2n) is 4.88. The Morgan fingerprint density at radius 3 is 2.37 bits per heavy atom. The third-order valence-corrected chi connectivity index (χ3v) is 3.37. The van der Waals surface area contributed by atoms with Crippen molar-refractivity contribution in [2.75, 3.05) is 20.8 Å². The molecule has 0 saturated carbocycles. The smallest absolute Gasteiger partial charge is 0.119 e. The molecule has 0 aliphatic carbocycles. The quantitative estimate of drug-likeness (QED) is 0.740. The van der Waals surface area contributed by atoms with E-state index in [1.807, 2.05) is 7.05 Å². The Morgan fingerprint density at radius 1 is 1.16 bits per heavy atom. The van der Waals surface area contributed by atoms with Crippen molar-refractivity contribution in [2.45, 2.75) is 45.3 Å². The number of benzene rings is 1. The molecule has 0 radical (unpaired) electrons. The third-order valence-electron chi connectivity index (χ3n) is 3.37. The van der Waals surface area contributed by atoms with Crippen LogP contribution in [0.3, 0.4) is 0 Å². The molecule has 2 atom stereocenters. The van der Waals surface area contributed by atoms with Crippen LogP contribution in [0, 0.1) is 0 Å². The van der Waals surface area contributed by atoms with Crippen molar-refractivity contribution in [2.24, 2.45) is 0 Å². The van der Waals surface area contributed by atoms with Gasteiger partial charge < -0.3 is 14.8 Å². The first-order valence-corrected chi connectivity index (χ1v) is 7.14. The summed E-state index contributed by atoms with van der Waals surface area (Å²) >= 11 is 0. The van der Waals surface area contributed by atoms with E-state index in [1.54, 1.807) is 7.11 Å². The Labute approximate surface area is 117 Å². The maximum atomic E-state index is 5.60. The second kappa shape index (κ2) is 8.94. The Hall–Kier alpha value is -1.06. The number of rotatable bonds is 9. The summed E-state index contributed by atoms with van der Waals surface area (Å²) in [4.78, 5) is 0. The number of methoxy groups -OCH3 is 1. The number of hydrogen-bond donors (Lipinski definition) is 1. The summed E-state index contributed by atoms with van der Waals surface area (Å²) < 4.78 is 10.9. The lowest BCUT2D eigenvalue weighted by Crippen LogP contribution is -2.18. The molecule has 1 N–H and O–H groups in total. The third kappa shape index (κ3) is 5.62. The maximum Gasteiger partial charge on any atom is 0.119 e. The van der Waals surface area contributed by atoms with Crippen molar-refractivity contribution in [3.63, 3.8) is 0 Å². The summed E-state index contributed by atoms with van der Waals surface area (Å²) in [6.45, 7) is 5.00. The van der Waals surface area contributed by atoms with Crippen LogP contribution in [0.5, 0.6) is 5.75 Å². The predicted molar refractivity (Wildman–Crippen MR) is 79.7 cm³/mol. The molecule has 1 aromatic carbocycles. The molecule has 0 amide bonds. The van der Waals surface area contributed by atoms with Crippen LogP contribution in [-0.2, 0) is 4.74 Å². The highest BCUT2D eigenvalue weighted by molar-refractivity contribution is 5.29. The Kier molecular flexibility index (Phi) is 7.53. The minimum atomic E-state index is 0.308. The van der Waals surface area contributed by atoms with E-state index in [0.29, 0.717) is 12.1 Å². The first-order chi connectivity index (χ1) is 9.21. The predicted octanol–water partition coefficient (Wildman–Crippen LogP) is 3.55. The first-order valence-electron chi connectivity index (χ1n) is 7.14. The van der Waals surface area contributed by atoms with Gasteiger partial charge in [-0.25, -0.2) is 0 Å². The van der Waals surface area contributed by atoms with Gasteiger partial charge in [0.15, 0.2) is 0 Å². The summed E-state index contributed by atoms with van der Waals surface area (Å²) in [6.07, 6.45) is 3.47. The lowest BCUT2D eigenvalue weighted by atomic mass is 10.0. The number of nitrogens with one attached hydrogen (secondary N) is 1. The molecule has 0 fully saturated rings. The van der Waals surface area contributed by atoms with E-state index in [0.717, 1.165) is 31.6 Å². The molecule has 1 rings (SSSR count). The summed E-state index contributed by atoms with van der Waals surface area (Å²) in [5.74, 6) is 0.950. The fourth-order valence-electron chi connectivity index (χ4n) is 2.01. The Balaban J connectivity index is 2.55. The summed E-state index contributed by atoms with van der Waals surface area (Å²) in [6, 6.07) is 8.76. The normalized spacial score (nSPS) is 14.1. The van der Waals surface area contributed by atoms with E-state index >= 15 is 0 Å². The van der Waals surface area contributed by atoms with Gasteiger partial charge in [-0.3, -0.25) is 0 Å². The molecule has 0 aliphatic heterocycles. The molecular formula is C16H27NO2. The van der Waals surface area contributed by atoms with Crippen LogP contribution in [0.1, 0.15) is 44.7 Å². The highest BCUT2D eigenvalue weighted by atomic mass is 16.5. The summed E-state index contributed by atoms with van der Waals surface area (Å²) in [5, 5.41) is 3.36. The van der Waals surface area contributed by atoms with E-state index in [2.05, 4.69) is 43.4 Å². The van der Waals surface area contributed by atoms with Crippen molar-refractivity contribution in [1.82, 2.24) is 5.32 Å². The zero-order chi connectivity index (χ0) is 14.1. The minimum absolute atomic E-state index is 0.308. The van der Waals surface area contributed by atoms with Crippen molar-refractivity contribution in [1.29, 1.82) is 0 Å². The Morgan fingerprint density at radius 2 is 1.84 bits per heavy atom. The van der Waals surface area contributed by atoms with Gasteiger partial charge in [-0.15, -0.1) is 0 Å². The second-order valence-corrected chi connectivity index (χ2v) is 4.88. The maximum absolute atomic E-state index is 5.60. The van der Waals surface area contributed by atoms with Crippen LogP contribution in [0.4, 0.5) is 0 Å². The van der Waals surface area contributed by atoms with Gasteiger partial charge in [-0.2, -0.15) is 0 Å². The highest BCUT2D eigenvalue weighted by Crippen LogP contribution is 2.22. The number of ether oxygens (including phenoxy) is 2. The van der Waals surface area contributed by atoms with Gasteiger partial charge in [-0.1, -0.05) is 19.1 Å². The van der Waals surface area contributed by atoms with Crippen LogP contribution in [0.15, 0.2) is 24.3 Å². The molecule has 0 aliphatic rings. The summed E-state index contributed by atoms with van der Waals surface area (Å²) in [7, 11) is 3.77. The van der Waals surface area contributed by atoms with E-state index in [4.69, 9.17) is 9.47 Å². The fourth-order valence-corrected chi connectivity index (χ4v) is 2.01. The van der Waals surface area contributed by atoms with Crippen molar-refractivity contribution in [3.05, 3.63) is 29.8 Å². The van der Waals surface area contributed by atoms with Gasteiger partial charge in [0.25, 0.3) is 0 Å². The van der Waals surface area contributed by atoms with Crippen molar-refractivity contribution < 1.29 is 9.47 Å². The first kappa shape index (κ1) is 16.0. The molecule has 0 aromatic heterocycles. The molecule has 3 nitrogen and oxygen atoms in total. The Bertz CT molecular complexity index is 337. The molecule has 1 aromatic rings. The fraction of sp³-hybridized carbons (Fsp3) is 0.625. The van der Waals surface area contributed by atoms with Gasteiger partial charge in [0.1, 0.15) is 5.75 Å². The average molecular weight is 265 g/mol. The lowest BCUT2D eigenvalue weighted by Gasteiger charge is -2.19. The van der Waals surface area contributed by atoms with Gasteiger partial charge in [0, 0.05) is 13.2 Å². The standard InChI is InChI=1S/C16H27NO2/c1-5-12-19-15-9-7-14(8-10-15)16(17-3)11-6-13(2)18-4/h7-10,13,16-17H,5-6,11-12H2,1-4H3. The van der Waals surface area contributed by atoms with Crippen LogP contribution in [0.2, 0.25) is 0 Å². The lowest BCUT2D eigenvalue weighted by molar-refractivity contribution is 0.106. The highest BCUT2D eigenvalue weighted by Gasteiger charge is 2.11. The monoisotopic (exact) mass is 265 g/mol. The van der Waals surface area contributed by atoms with E-state index < -0.39 is 0 Å². The molecule has 0 heterocycles. The van der Waals surface area contributed by atoms with Crippen LogP contribution < -0.4 is 10.1 Å². The van der Waals surface area contributed by atoms with Gasteiger partial charge in [-0.05, 0) is 50.9 Å². The van der Waals surface area contributed by atoms with Crippen molar-refractivity contribution >= 4 is 0 Å². The molecular weight excluding hydrogens is 238 g/mol. The average Bonchev–Trinajstić information content (AvgIpc) is 2.46. The van der Waals surface area contributed by atoms with Gasteiger partial charge in [0.2, 0.25) is 0 Å². The van der Waals surface area contributed by atoms with Crippen LogP contribution in [0.25, 0.3) is 0 Å². The van der Waals surface area contributed by atoms with E-state index in [-0.39, 0.29) is 0 Å². The van der Waals surface area contributed by atoms with E-state index in [1.165, 1.54) is 5.56 Å². The molecule has 108 valence electrons. The topological polar surface area (TPSA) is 30.5 Å².